The van der Waals surface area contributed by atoms with Gasteiger partial charge in [0, 0.05) is 10.2 Å². The summed E-state index contributed by atoms with van der Waals surface area (Å²) >= 11 is 9.05. The van der Waals surface area contributed by atoms with Crippen LogP contribution in [0.5, 0.6) is 0 Å². The van der Waals surface area contributed by atoms with Gasteiger partial charge in [0.2, 0.25) is 0 Å². The van der Waals surface area contributed by atoms with Crippen LogP contribution < -0.4 is 10.6 Å². The summed E-state index contributed by atoms with van der Waals surface area (Å²) in [5.74, 6) is -0.480. The molecule has 0 fully saturated rings. The Kier molecular flexibility index (Phi) is 4.62. The number of halogens is 3. The third-order valence-electron chi connectivity index (χ3n) is 2.52. The summed E-state index contributed by atoms with van der Waals surface area (Å²) in [6.45, 7) is 1.93. The average Bonchev–Trinajstić information content (AvgIpc) is 2.33. The number of hydrogen-bond donors (Lipinski definition) is 2. The normalized spacial score (nSPS) is 10.2. The third kappa shape index (κ3) is 3.71. The molecule has 0 aromatic heterocycles. The minimum absolute atomic E-state index is 0.122. The van der Waals surface area contributed by atoms with Crippen LogP contribution in [-0.4, -0.2) is 6.03 Å². The Morgan fingerprint density at radius 2 is 2.00 bits per heavy atom. The van der Waals surface area contributed by atoms with Crippen LogP contribution in [0, 0.1) is 12.7 Å². The van der Waals surface area contributed by atoms with Crippen molar-refractivity contribution in [2.24, 2.45) is 0 Å². The number of carbonyl (C=O) groups excluding carboxylic acids is 1. The number of benzene rings is 2. The zero-order valence-electron chi connectivity index (χ0n) is 10.5. The highest BCUT2D eigenvalue weighted by atomic mass is 79.9. The highest BCUT2D eigenvalue weighted by Gasteiger charge is 2.11. The second-order valence-electron chi connectivity index (χ2n) is 4.19. The summed E-state index contributed by atoms with van der Waals surface area (Å²) in [6, 6.07) is 9.28. The number of nitrogens with one attached hydrogen (secondary N) is 2. The van der Waals surface area contributed by atoms with Crippen molar-refractivity contribution >= 4 is 44.9 Å². The summed E-state index contributed by atoms with van der Waals surface area (Å²) in [6.07, 6.45) is 0. The molecular weight excluding hydrogens is 347 g/mol. The molecular formula is C14H11BrClFN2O. The van der Waals surface area contributed by atoms with Gasteiger partial charge in [0.25, 0.3) is 0 Å². The van der Waals surface area contributed by atoms with Crippen LogP contribution in [0.4, 0.5) is 20.6 Å². The van der Waals surface area contributed by atoms with E-state index < -0.39 is 11.8 Å². The van der Waals surface area contributed by atoms with E-state index in [4.69, 9.17) is 11.6 Å². The van der Waals surface area contributed by atoms with E-state index in [9.17, 15) is 9.18 Å². The van der Waals surface area contributed by atoms with E-state index in [0.29, 0.717) is 15.8 Å². The van der Waals surface area contributed by atoms with Crippen molar-refractivity contribution in [3.05, 3.63) is 57.3 Å². The summed E-state index contributed by atoms with van der Waals surface area (Å²) in [5, 5.41) is 5.38. The number of urea groups is 1. The number of anilines is 2. The Morgan fingerprint density at radius 1 is 1.25 bits per heavy atom. The monoisotopic (exact) mass is 356 g/mol. The topological polar surface area (TPSA) is 41.1 Å². The second kappa shape index (κ2) is 6.24. The maximum Gasteiger partial charge on any atom is 0.323 e. The van der Waals surface area contributed by atoms with Gasteiger partial charge < -0.3 is 10.6 Å². The molecule has 0 aliphatic carbocycles. The van der Waals surface area contributed by atoms with Crippen molar-refractivity contribution in [2.45, 2.75) is 6.92 Å². The molecule has 2 aromatic rings. The van der Waals surface area contributed by atoms with Gasteiger partial charge in [-0.25, -0.2) is 9.18 Å². The van der Waals surface area contributed by atoms with Gasteiger partial charge in [-0.3, -0.25) is 0 Å². The van der Waals surface area contributed by atoms with Crippen LogP contribution in [0.15, 0.2) is 40.9 Å². The fourth-order valence-electron chi connectivity index (χ4n) is 1.66. The molecule has 104 valence electrons. The molecule has 2 aromatic carbocycles. The van der Waals surface area contributed by atoms with Gasteiger partial charge >= 0.3 is 6.03 Å². The first-order valence-electron chi connectivity index (χ1n) is 5.75. The SMILES string of the molecule is Cc1cccc(NC(=O)Nc2c(Cl)cc(F)cc2Br)c1. The Bertz CT molecular complexity index is 640. The first kappa shape index (κ1) is 14.8. The predicted molar refractivity (Wildman–Crippen MR) is 82.9 cm³/mol. The largest absolute Gasteiger partial charge is 0.323 e. The lowest BCUT2D eigenvalue weighted by Crippen LogP contribution is -2.20. The van der Waals surface area contributed by atoms with E-state index >= 15 is 0 Å². The van der Waals surface area contributed by atoms with E-state index in [1.54, 1.807) is 6.07 Å². The van der Waals surface area contributed by atoms with Crippen LogP contribution in [0.2, 0.25) is 5.02 Å². The van der Waals surface area contributed by atoms with Crippen molar-refractivity contribution in [3.8, 4) is 0 Å². The summed E-state index contributed by atoms with van der Waals surface area (Å²) in [5.41, 5.74) is 2.01. The van der Waals surface area contributed by atoms with E-state index in [1.807, 2.05) is 25.1 Å². The quantitative estimate of drug-likeness (QED) is 0.762. The standard InChI is InChI=1S/C14H11BrClFN2O/c1-8-3-2-4-10(5-8)18-14(20)19-13-11(15)6-9(17)7-12(13)16/h2-7H,1H3,(H2,18,19,20). The molecule has 0 heterocycles. The van der Waals surface area contributed by atoms with Crippen molar-refractivity contribution < 1.29 is 9.18 Å². The van der Waals surface area contributed by atoms with Gasteiger partial charge in [0.15, 0.2) is 0 Å². The summed E-state index contributed by atoms with van der Waals surface area (Å²) < 4.78 is 13.5. The number of aryl methyl sites for hydroxylation is 1. The molecule has 0 bridgehead atoms. The highest BCUT2D eigenvalue weighted by molar-refractivity contribution is 9.10. The number of hydrogen-bond acceptors (Lipinski definition) is 1. The Labute approximate surface area is 129 Å². The van der Waals surface area contributed by atoms with Crippen LogP contribution in [0.25, 0.3) is 0 Å². The van der Waals surface area contributed by atoms with Crippen molar-refractivity contribution in [2.75, 3.05) is 10.6 Å². The maximum absolute atomic E-state index is 13.1. The highest BCUT2D eigenvalue weighted by Crippen LogP contribution is 2.31. The number of carbonyl (C=O) groups is 1. The molecule has 0 aliphatic heterocycles. The smallest absolute Gasteiger partial charge is 0.308 e. The first-order chi connectivity index (χ1) is 9.45. The van der Waals surface area contributed by atoms with E-state index in [1.165, 1.54) is 6.07 Å². The lowest BCUT2D eigenvalue weighted by atomic mass is 10.2. The molecule has 2 amide bonds. The van der Waals surface area contributed by atoms with Crippen LogP contribution >= 0.6 is 27.5 Å². The van der Waals surface area contributed by atoms with Gasteiger partial charge in [-0.2, -0.15) is 0 Å². The Hall–Kier alpha value is -1.59. The lowest BCUT2D eigenvalue weighted by molar-refractivity contribution is 0.262. The van der Waals surface area contributed by atoms with Crippen molar-refractivity contribution in [1.82, 2.24) is 0 Å². The van der Waals surface area contributed by atoms with Gasteiger partial charge in [-0.15, -0.1) is 0 Å². The number of rotatable bonds is 2. The molecule has 0 aliphatic rings. The van der Waals surface area contributed by atoms with E-state index in [-0.39, 0.29) is 5.02 Å². The predicted octanol–water partition coefficient (Wildman–Crippen LogP) is 5.19. The van der Waals surface area contributed by atoms with Crippen LogP contribution in [-0.2, 0) is 0 Å². The minimum Gasteiger partial charge on any atom is -0.308 e. The summed E-state index contributed by atoms with van der Waals surface area (Å²) in [4.78, 5) is 11.9. The molecule has 0 saturated carbocycles. The average molecular weight is 358 g/mol. The first-order valence-corrected chi connectivity index (χ1v) is 6.92. The van der Waals surface area contributed by atoms with Gasteiger partial charge in [-0.05, 0) is 52.7 Å². The molecule has 2 rings (SSSR count). The Balaban J connectivity index is 2.13. The molecule has 0 radical (unpaired) electrons. The Morgan fingerprint density at radius 3 is 2.65 bits per heavy atom. The fraction of sp³-hybridized carbons (Fsp3) is 0.0714. The molecule has 20 heavy (non-hydrogen) atoms. The van der Waals surface area contributed by atoms with Crippen molar-refractivity contribution in [3.63, 3.8) is 0 Å². The molecule has 0 spiro atoms. The van der Waals surface area contributed by atoms with Gasteiger partial charge in [-0.1, -0.05) is 23.7 Å². The molecule has 2 N–H and O–H groups in total. The molecule has 6 heteroatoms. The maximum atomic E-state index is 13.1. The fourth-order valence-corrected chi connectivity index (χ4v) is 2.56. The summed E-state index contributed by atoms with van der Waals surface area (Å²) in [7, 11) is 0. The van der Waals surface area contributed by atoms with E-state index in [2.05, 4.69) is 26.6 Å². The van der Waals surface area contributed by atoms with E-state index in [0.717, 1.165) is 11.6 Å². The molecule has 0 unspecified atom stereocenters. The molecule has 0 atom stereocenters. The van der Waals surface area contributed by atoms with Crippen LogP contribution in [0.3, 0.4) is 0 Å². The molecule has 3 nitrogen and oxygen atoms in total. The third-order valence-corrected chi connectivity index (χ3v) is 3.44. The zero-order valence-corrected chi connectivity index (χ0v) is 12.8. The van der Waals surface area contributed by atoms with Crippen LogP contribution in [0.1, 0.15) is 5.56 Å². The van der Waals surface area contributed by atoms with Gasteiger partial charge in [0.05, 0.1) is 10.7 Å². The van der Waals surface area contributed by atoms with Crippen molar-refractivity contribution in [1.29, 1.82) is 0 Å². The van der Waals surface area contributed by atoms with Gasteiger partial charge in [0.1, 0.15) is 5.82 Å². The second-order valence-corrected chi connectivity index (χ2v) is 5.45. The minimum atomic E-state index is -0.480. The zero-order chi connectivity index (χ0) is 14.7. The number of amides is 2. The molecule has 0 saturated heterocycles. The lowest BCUT2D eigenvalue weighted by Gasteiger charge is -2.11.